The van der Waals surface area contributed by atoms with Crippen LogP contribution in [0, 0.1) is 0 Å². The summed E-state index contributed by atoms with van der Waals surface area (Å²) in [5.74, 6) is 1.24. The van der Waals surface area contributed by atoms with E-state index in [1.807, 2.05) is 31.2 Å². The van der Waals surface area contributed by atoms with E-state index < -0.39 is 10.0 Å². The van der Waals surface area contributed by atoms with Gasteiger partial charge in [0.05, 0.1) is 0 Å². The minimum atomic E-state index is -3.63. The van der Waals surface area contributed by atoms with Crippen LogP contribution in [0.2, 0.25) is 0 Å². The molecule has 1 unspecified atom stereocenters. The highest BCUT2D eigenvalue weighted by Gasteiger charge is 2.31. The Bertz CT molecular complexity index is 891. The molecule has 0 spiro atoms. The predicted octanol–water partition coefficient (Wildman–Crippen LogP) is 3.61. The summed E-state index contributed by atoms with van der Waals surface area (Å²) in [5.41, 5.74) is 1.11. The molecule has 0 saturated carbocycles. The summed E-state index contributed by atoms with van der Waals surface area (Å²) in [4.78, 5) is 13.1. The van der Waals surface area contributed by atoms with E-state index in [0.29, 0.717) is 19.5 Å². The van der Waals surface area contributed by atoms with Gasteiger partial charge in [0.1, 0.15) is 9.77 Å². The molecule has 9 heteroatoms. The Morgan fingerprint density at radius 2 is 1.89 bits per heavy atom. The highest BCUT2D eigenvalue weighted by atomic mass is 79.9. The number of benzene rings is 1. The Hall–Kier alpha value is -0.870. The van der Waals surface area contributed by atoms with Crippen LogP contribution in [0.5, 0.6) is 0 Å². The van der Waals surface area contributed by atoms with E-state index in [2.05, 4.69) is 21.2 Å². The van der Waals surface area contributed by atoms with Crippen molar-refractivity contribution in [2.45, 2.75) is 24.3 Å². The monoisotopic (exact) mass is 488 g/mol. The number of carbonyl (C=O) groups is 1. The summed E-state index contributed by atoms with van der Waals surface area (Å²) in [6, 6.07) is 9.36. The summed E-state index contributed by atoms with van der Waals surface area (Å²) in [6.07, 6.45) is 0.676. The lowest BCUT2D eigenvalue weighted by molar-refractivity contribution is 0.0941. The summed E-state index contributed by atoms with van der Waals surface area (Å²) < 4.78 is 28.3. The molecule has 0 aliphatic carbocycles. The molecule has 1 atom stereocenters. The lowest BCUT2D eigenvalue weighted by Gasteiger charge is -2.25. The fraction of sp³-hybridized carbons (Fsp3) is 0.389. The Morgan fingerprint density at radius 3 is 2.56 bits per heavy atom. The van der Waals surface area contributed by atoms with Crippen LogP contribution in [0.4, 0.5) is 0 Å². The fourth-order valence-corrected chi connectivity index (χ4v) is 7.05. The van der Waals surface area contributed by atoms with Crippen LogP contribution in [0.1, 0.15) is 22.2 Å². The van der Waals surface area contributed by atoms with Gasteiger partial charge >= 0.3 is 0 Å². The second-order valence-electron chi connectivity index (χ2n) is 6.34. The van der Waals surface area contributed by atoms with Gasteiger partial charge in [0, 0.05) is 35.1 Å². The zero-order valence-electron chi connectivity index (χ0n) is 14.9. The molecular formula is C18H21BrN2O3S3. The number of thioether (sulfide) groups is 1. The number of hydrogen-bond acceptors (Lipinski definition) is 5. The van der Waals surface area contributed by atoms with Crippen LogP contribution in [-0.2, 0) is 16.4 Å². The van der Waals surface area contributed by atoms with E-state index in [9.17, 15) is 13.2 Å². The zero-order valence-corrected chi connectivity index (χ0v) is 18.9. The SMILES string of the molecule is CC(Cc1ccc(Br)cc1)NC(=O)c1sccc1S(=O)(=O)N1CCSCC1. The first-order valence-electron chi connectivity index (χ1n) is 8.58. The van der Waals surface area contributed by atoms with Gasteiger partial charge in [-0.1, -0.05) is 28.1 Å². The van der Waals surface area contributed by atoms with E-state index >= 15 is 0 Å². The Balaban J connectivity index is 1.70. The molecule has 1 aliphatic heterocycles. The topological polar surface area (TPSA) is 66.5 Å². The third kappa shape index (κ3) is 5.14. The van der Waals surface area contributed by atoms with Crippen molar-refractivity contribution in [3.8, 4) is 0 Å². The Morgan fingerprint density at radius 1 is 1.22 bits per heavy atom. The van der Waals surface area contributed by atoms with Crippen LogP contribution in [0.3, 0.4) is 0 Å². The van der Waals surface area contributed by atoms with Gasteiger partial charge in [-0.25, -0.2) is 8.42 Å². The molecule has 0 bridgehead atoms. The second-order valence-corrected chi connectivity index (χ2v) is 11.3. The molecule has 1 saturated heterocycles. The molecule has 1 amide bonds. The van der Waals surface area contributed by atoms with Crippen molar-refractivity contribution in [1.82, 2.24) is 9.62 Å². The van der Waals surface area contributed by atoms with Crippen molar-refractivity contribution in [2.75, 3.05) is 24.6 Å². The Labute approximate surface area is 176 Å². The molecule has 3 rings (SSSR count). The highest BCUT2D eigenvalue weighted by molar-refractivity contribution is 9.10. The summed E-state index contributed by atoms with van der Waals surface area (Å²) >= 11 is 6.32. The van der Waals surface area contributed by atoms with Gasteiger partial charge in [-0.15, -0.1) is 11.3 Å². The molecule has 27 heavy (non-hydrogen) atoms. The van der Waals surface area contributed by atoms with Crippen LogP contribution >= 0.6 is 39.0 Å². The van der Waals surface area contributed by atoms with Crippen molar-refractivity contribution in [1.29, 1.82) is 0 Å². The molecule has 2 aromatic rings. The third-order valence-corrected chi connectivity index (χ3v) is 8.71. The molecule has 5 nitrogen and oxygen atoms in total. The third-order valence-electron chi connectivity index (χ3n) is 4.26. The number of carbonyl (C=O) groups excluding carboxylic acids is 1. The minimum Gasteiger partial charge on any atom is -0.349 e. The molecule has 1 aromatic carbocycles. The zero-order chi connectivity index (χ0) is 19.4. The first kappa shape index (κ1) is 20.9. The van der Waals surface area contributed by atoms with E-state index in [-0.39, 0.29) is 21.7 Å². The van der Waals surface area contributed by atoms with E-state index in [0.717, 1.165) is 21.5 Å². The van der Waals surface area contributed by atoms with Gasteiger partial charge in [-0.05, 0) is 42.5 Å². The first-order valence-corrected chi connectivity index (χ1v) is 12.9. The molecule has 2 heterocycles. The van der Waals surface area contributed by atoms with Crippen molar-refractivity contribution in [3.63, 3.8) is 0 Å². The summed E-state index contributed by atoms with van der Waals surface area (Å²) in [7, 11) is -3.63. The fourth-order valence-electron chi connectivity index (χ4n) is 2.91. The number of amides is 1. The molecule has 1 aromatic heterocycles. The second kappa shape index (κ2) is 9.09. The smallest absolute Gasteiger partial charge is 0.262 e. The number of nitrogens with one attached hydrogen (secondary N) is 1. The molecule has 146 valence electrons. The normalized spacial score (nSPS) is 16.8. The Kier molecular flexibility index (Phi) is 7.02. The van der Waals surface area contributed by atoms with Crippen molar-refractivity contribution >= 4 is 55.0 Å². The molecular weight excluding hydrogens is 468 g/mol. The van der Waals surface area contributed by atoms with Crippen molar-refractivity contribution in [2.24, 2.45) is 0 Å². The lowest BCUT2D eigenvalue weighted by atomic mass is 10.1. The maximum absolute atomic E-state index is 12.9. The van der Waals surface area contributed by atoms with Gasteiger partial charge < -0.3 is 5.32 Å². The summed E-state index contributed by atoms with van der Waals surface area (Å²) in [5, 5.41) is 4.60. The van der Waals surface area contributed by atoms with E-state index in [1.165, 1.54) is 21.7 Å². The average Bonchev–Trinajstić information content (AvgIpc) is 3.15. The number of hydrogen-bond donors (Lipinski definition) is 1. The molecule has 1 fully saturated rings. The first-order chi connectivity index (χ1) is 12.9. The summed E-state index contributed by atoms with van der Waals surface area (Å²) in [6.45, 7) is 2.90. The molecule has 1 aliphatic rings. The van der Waals surface area contributed by atoms with Crippen molar-refractivity contribution < 1.29 is 13.2 Å². The number of sulfonamides is 1. The van der Waals surface area contributed by atoms with Gasteiger partial charge in [-0.3, -0.25) is 4.79 Å². The molecule has 1 N–H and O–H groups in total. The largest absolute Gasteiger partial charge is 0.349 e. The van der Waals surface area contributed by atoms with Crippen LogP contribution < -0.4 is 5.32 Å². The van der Waals surface area contributed by atoms with E-state index in [1.54, 1.807) is 17.1 Å². The maximum Gasteiger partial charge on any atom is 0.262 e. The van der Waals surface area contributed by atoms with Gasteiger partial charge in [-0.2, -0.15) is 16.1 Å². The predicted molar refractivity (Wildman–Crippen MR) is 115 cm³/mol. The van der Waals surface area contributed by atoms with Crippen molar-refractivity contribution in [3.05, 3.63) is 50.6 Å². The van der Waals surface area contributed by atoms with Gasteiger partial charge in [0.2, 0.25) is 10.0 Å². The quantitative estimate of drug-likeness (QED) is 0.674. The van der Waals surface area contributed by atoms with Crippen LogP contribution in [-0.4, -0.2) is 49.3 Å². The lowest BCUT2D eigenvalue weighted by Crippen LogP contribution is -2.39. The number of nitrogens with zero attached hydrogens (tertiary/aromatic N) is 1. The highest BCUT2D eigenvalue weighted by Crippen LogP contribution is 2.27. The van der Waals surface area contributed by atoms with Gasteiger partial charge in [0.15, 0.2) is 0 Å². The molecule has 0 radical (unpaired) electrons. The van der Waals surface area contributed by atoms with E-state index in [4.69, 9.17) is 0 Å². The van der Waals surface area contributed by atoms with Crippen LogP contribution in [0.15, 0.2) is 45.1 Å². The number of thiophene rings is 1. The van der Waals surface area contributed by atoms with Crippen LogP contribution in [0.25, 0.3) is 0 Å². The minimum absolute atomic E-state index is 0.109. The average molecular weight is 489 g/mol. The standard InChI is InChI=1S/C18H21BrN2O3S3/c1-13(12-14-2-4-15(19)5-3-14)20-18(22)17-16(6-9-26-17)27(23,24)21-7-10-25-11-8-21/h2-6,9,13H,7-8,10-12H2,1H3,(H,20,22). The number of rotatable bonds is 6. The van der Waals surface area contributed by atoms with Gasteiger partial charge in [0.25, 0.3) is 5.91 Å². The maximum atomic E-state index is 12.9. The number of halogens is 1.